The Morgan fingerprint density at radius 2 is 1.93 bits per heavy atom. The third-order valence-electron chi connectivity index (χ3n) is 4.58. The zero-order valence-corrected chi connectivity index (χ0v) is 15.9. The zero-order valence-electron chi connectivity index (χ0n) is 15.9. The van der Waals surface area contributed by atoms with Crippen molar-refractivity contribution in [3.05, 3.63) is 53.6 Å². The van der Waals surface area contributed by atoms with Crippen LogP contribution >= 0.6 is 0 Å². The fraction of sp³-hybridized carbons (Fsp3) is 0.429. The second-order valence-electron chi connectivity index (χ2n) is 8.19. The molecule has 0 N–H and O–H groups in total. The SMILES string of the molecule is CC(C)(C)OC(=O)N1CC2(Cc3ccc(OCc4ccccc4)nc3O2)C1. The topological polar surface area (TPSA) is 60.9 Å². The number of benzene rings is 1. The Labute approximate surface area is 159 Å². The van der Waals surface area contributed by atoms with Crippen LogP contribution in [0.5, 0.6) is 11.8 Å². The number of pyridine rings is 1. The van der Waals surface area contributed by atoms with Crippen molar-refractivity contribution in [3.8, 4) is 11.8 Å². The molecule has 2 aromatic rings. The molecule has 1 fully saturated rings. The maximum atomic E-state index is 12.1. The van der Waals surface area contributed by atoms with Gasteiger partial charge in [0.25, 0.3) is 0 Å². The van der Waals surface area contributed by atoms with Gasteiger partial charge in [-0.25, -0.2) is 4.79 Å². The van der Waals surface area contributed by atoms with Gasteiger partial charge in [0.2, 0.25) is 11.8 Å². The summed E-state index contributed by atoms with van der Waals surface area (Å²) in [6.07, 6.45) is 0.445. The maximum absolute atomic E-state index is 12.1. The van der Waals surface area contributed by atoms with Crippen molar-refractivity contribution in [3.63, 3.8) is 0 Å². The van der Waals surface area contributed by atoms with E-state index < -0.39 is 5.60 Å². The van der Waals surface area contributed by atoms with Crippen LogP contribution in [0.3, 0.4) is 0 Å². The van der Waals surface area contributed by atoms with Crippen molar-refractivity contribution in [2.24, 2.45) is 0 Å². The molecule has 4 rings (SSSR count). The van der Waals surface area contributed by atoms with E-state index in [1.807, 2.05) is 63.2 Å². The van der Waals surface area contributed by atoms with Gasteiger partial charge in [0.15, 0.2) is 5.60 Å². The predicted molar refractivity (Wildman–Crippen MR) is 99.9 cm³/mol. The Morgan fingerprint density at radius 3 is 2.63 bits per heavy atom. The van der Waals surface area contributed by atoms with Crippen LogP contribution < -0.4 is 9.47 Å². The van der Waals surface area contributed by atoms with E-state index in [9.17, 15) is 4.79 Å². The molecule has 0 aliphatic carbocycles. The summed E-state index contributed by atoms with van der Waals surface area (Å²) in [7, 11) is 0. The van der Waals surface area contributed by atoms with E-state index in [1.54, 1.807) is 4.90 Å². The van der Waals surface area contributed by atoms with Crippen molar-refractivity contribution >= 4 is 6.09 Å². The first-order chi connectivity index (χ1) is 12.8. The van der Waals surface area contributed by atoms with Gasteiger partial charge in [-0.15, -0.1) is 0 Å². The molecule has 1 aromatic heterocycles. The van der Waals surface area contributed by atoms with Crippen LogP contribution in [0.4, 0.5) is 4.79 Å². The number of hydrogen-bond donors (Lipinski definition) is 0. The molecule has 6 nitrogen and oxygen atoms in total. The quantitative estimate of drug-likeness (QED) is 0.829. The van der Waals surface area contributed by atoms with E-state index in [0.29, 0.717) is 31.5 Å². The molecule has 0 unspecified atom stereocenters. The van der Waals surface area contributed by atoms with E-state index in [2.05, 4.69) is 4.98 Å². The minimum atomic E-state index is -0.494. The maximum Gasteiger partial charge on any atom is 0.410 e. The molecule has 27 heavy (non-hydrogen) atoms. The van der Waals surface area contributed by atoms with E-state index in [4.69, 9.17) is 14.2 Å². The zero-order chi connectivity index (χ0) is 19.1. The highest BCUT2D eigenvalue weighted by Crippen LogP contribution is 2.40. The molecule has 0 bridgehead atoms. The number of amides is 1. The lowest BCUT2D eigenvalue weighted by Gasteiger charge is -2.46. The summed E-state index contributed by atoms with van der Waals surface area (Å²) < 4.78 is 17.3. The number of nitrogens with zero attached hydrogens (tertiary/aromatic N) is 2. The second kappa shape index (κ2) is 6.44. The first kappa shape index (κ1) is 17.6. The molecule has 1 aromatic carbocycles. The fourth-order valence-corrected chi connectivity index (χ4v) is 3.36. The lowest BCUT2D eigenvalue weighted by Crippen LogP contribution is -2.66. The van der Waals surface area contributed by atoms with Crippen LogP contribution in [0, 0.1) is 0 Å². The van der Waals surface area contributed by atoms with Crippen molar-refractivity contribution in [1.29, 1.82) is 0 Å². The highest BCUT2D eigenvalue weighted by Gasteiger charge is 2.52. The van der Waals surface area contributed by atoms with Crippen LogP contribution in [-0.4, -0.2) is 40.3 Å². The third-order valence-corrected chi connectivity index (χ3v) is 4.58. The molecular formula is C21H24N2O4. The Morgan fingerprint density at radius 1 is 1.19 bits per heavy atom. The first-order valence-electron chi connectivity index (χ1n) is 9.16. The molecule has 3 heterocycles. The van der Waals surface area contributed by atoms with E-state index >= 15 is 0 Å². The average Bonchev–Trinajstić information content (AvgIpc) is 2.97. The summed E-state index contributed by atoms with van der Waals surface area (Å²) in [6.45, 7) is 7.08. The molecule has 0 saturated carbocycles. The van der Waals surface area contributed by atoms with Crippen molar-refractivity contribution in [2.45, 2.75) is 45.0 Å². The summed E-state index contributed by atoms with van der Waals surface area (Å²) in [6, 6.07) is 13.8. The second-order valence-corrected chi connectivity index (χ2v) is 8.19. The van der Waals surface area contributed by atoms with Gasteiger partial charge in [0, 0.05) is 18.1 Å². The number of carbonyl (C=O) groups is 1. The average molecular weight is 368 g/mol. The summed E-state index contributed by atoms with van der Waals surface area (Å²) >= 11 is 0. The monoisotopic (exact) mass is 368 g/mol. The molecule has 1 spiro atoms. The Kier molecular flexibility index (Phi) is 4.21. The van der Waals surface area contributed by atoms with Crippen LogP contribution in [0.25, 0.3) is 0 Å². The highest BCUT2D eigenvalue weighted by molar-refractivity contribution is 5.70. The lowest BCUT2D eigenvalue weighted by molar-refractivity contribution is -0.0718. The molecule has 1 saturated heterocycles. The molecular weight excluding hydrogens is 344 g/mol. The minimum absolute atomic E-state index is 0.299. The van der Waals surface area contributed by atoms with Gasteiger partial charge in [-0.2, -0.15) is 4.98 Å². The fourth-order valence-electron chi connectivity index (χ4n) is 3.36. The number of ether oxygens (including phenoxy) is 3. The van der Waals surface area contributed by atoms with Gasteiger partial charge in [0.05, 0.1) is 13.1 Å². The number of aromatic nitrogens is 1. The smallest absolute Gasteiger partial charge is 0.410 e. The first-order valence-corrected chi connectivity index (χ1v) is 9.16. The Balaban J connectivity index is 1.35. The summed E-state index contributed by atoms with van der Waals surface area (Å²) in [5, 5.41) is 0. The summed E-state index contributed by atoms with van der Waals surface area (Å²) in [4.78, 5) is 18.3. The molecule has 2 aliphatic rings. The van der Waals surface area contributed by atoms with Crippen LogP contribution in [0.2, 0.25) is 0 Å². The molecule has 1 amide bonds. The third kappa shape index (κ3) is 3.84. The molecule has 142 valence electrons. The van der Waals surface area contributed by atoms with Crippen LogP contribution in [0.15, 0.2) is 42.5 Å². The number of hydrogen-bond acceptors (Lipinski definition) is 5. The van der Waals surface area contributed by atoms with Crippen LogP contribution in [-0.2, 0) is 17.8 Å². The Hall–Kier alpha value is -2.76. The number of carbonyl (C=O) groups excluding carboxylic acids is 1. The van der Waals surface area contributed by atoms with E-state index in [1.165, 1.54) is 0 Å². The highest BCUT2D eigenvalue weighted by atomic mass is 16.6. The summed E-state index contributed by atoms with van der Waals surface area (Å²) in [5.41, 5.74) is 1.26. The van der Waals surface area contributed by atoms with E-state index in [0.717, 1.165) is 17.5 Å². The minimum Gasteiger partial charge on any atom is -0.473 e. The largest absolute Gasteiger partial charge is 0.473 e. The van der Waals surface area contributed by atoms with Crippen molar-refractivity contribution < 1.29 is 19.0 Å². The Bertz CT molecular complexity index is 839. The van der Waals surface area contributed by atoms with Crippen molar-refractivity contribution in [2.75, 3.05) is 13.1 Å². The van der Waals surface area contributed by atoms with Crippen LogP contribution in [0.1, 0.15) is 31.9 Å². The predicted octanol–water partition coefficient (Wildman–Crippen LogP) is 3.59. The normalized spacial score (nSPS) is 17.1. The van der Waals surface area contributed by atoms with Gasteiger partial charge in [-0.3, -0.25) is 4.90 Å². The summed E-state index contributed by atoms with van der Waals surface area (Å²) in [5.74, 6) is 1.14. The molecule has 2 aliphatic heterocycles. The number of fused-ring (bicyclic) bond motifs is 1. The standard InChI is InChI=1S/C21H24N2O4/c1-20(2,3)27-19(24)23-13-21(14-23)11-16-9-10-17(22-18(16)26-21)25-12-15-7-5-4-6-8-15/h4-10H,11-14H2,1-3H3. The molecule has 6 heteroatoms. The number of rotatable bonds is 3. The molecule has 0 atom stereocenters. The van der Waals surface area contributed by atoms with Gasteiger partial charge in [-0.1, -0.05) is 30.3 Å². The van der Waals surface area contributed by atoms with Gasteiger partial charge in [-0.05, 0) is 32.4 Å². The van der Waals surface area contributed by atoms with Crippen molar-refractivity contribution in [1.82, 2.24) is 9.88 Å². The van der Waals surface area contributed by atoms with Gasteiger partial charge < -0.3 is 14.2 Å². The molecule has 0 radical (unpaired) electrons. The van der Waals surface area contributed by atoms with Gasteiger partial charge in [0.1, 0.15) is 12.2 Å². The number of likely N-dealkylation sites (tertiary alicyclic amines) is 1. The van der Waals surface area contributed by atoms with Gasteiger partial charge >= 0.3 is 6.09 Å². The van der Waals surface area contributed by atoms with E-state index in [-0.39, 0.29) is 11.7 Å². The lowest BCUT2D eigenvalue weighted by atomic mass is 9.90.